The van der Waals surface area contributed by atoms with E-state index in [0.717, 1.165) is 38.5 Å². The summed E-state index contributed by atoms with van der Waals surface area (Å²) in [6, 6.07) is 0. The van der Waals surface area contributed by atoms with Crippen molar-refractivity contribution in [3.05, 3.63) is 24.3 Å². The number of carbonyl (C=O) groups excluding carboxylic acids is 2. The van der Waals surface area contributed by atoms with Crippen molar-refractivity contribution in [2.75, 3.05) is 13.2 Å². The molecule has 336 valence electrons. The number of rotatable bonds is 47. The van der Waals surface area contributed by atoms with E-state index in [2.05, 4.69) is 38.2 Å². The Morgan fingerprint density at radius 2 is 0.702 bits per heavy atom. The average Bonchev–Trinajstić information content (AvgIpc) is 3.21. The molecule has 0 aromatic rings. The molecule has 0 aliphatic carbocycles. The third-order valence-electron chi connectivity index (χ3n) is 11.5. The number of hydrogen-bond donors (Lipinski definition) is 1. The molecule has 0 saturated carbocycles. The van der Waals surface area contributed by atoms with Crippen molar-refractivity contribution in [2.45, 2.75) is 283 Å². The maximum Gasteiger partial charge on any atom is 0.306 e. The summed E-state index contributed by atoms with van der Waals surface area (Å²) in [5, 5.41) is 9.61. The Kier molecular flexibility index (Phi) is 47.4. The molecule has 1 unspecified atom stereocenters. The Morgan fingerprint density at radius 3 is 1.04 bits per heavy atom. The molecule has 0 spiro atoms. The van der Waals surface area contributed by atoms with Crippen molar-refractivity contribution in [1.29, 1.82) is 0 Å². The summed E-state index contributed by atoms with van der Waals surface area (Å²) in [5.41, 5.74) is 0. The number of aliphatic hydroxyl groups is 1. The average molecular weight is 803 g/mol. The van der Waals surface area contributed by atoms with Crippen molar-refractivity contribution >= 4 is 11.9 Å². The molecule has 5 heteroatoms. The predicted octanol–water partition coefficient (Wildman–Crippen LogP) is 16.6. The number of carbonyl (C=O) groups is 2. The Balaban J connectivity index is 3.43. The number of esters is 2. The minimum atomic E-state index is -0.766. The summed E-state index contributed by atoms with van der Waals surface area (Å²) < 4.78 is 10.7. The van der Waals surface area contributed by atoms with Gasteiger partial charge in [0, 0.05) is 12.8 Å². The first-order valence-corrected chi connectivity index (χ1v) is 25.4. The fourth-order valence-electron chi connectivity index (χ4n) is 7.65. The first-order chi connectivity index (χ1) is 28.1. The topological polar surface area (TPSA) is 72.8 Å². The number of ether oxygens (including phenoxy) is 2. The first kappa shape index (κ1) is 55.4. The third-order valence-corrected chi connectivity index (χ3v) is 11.5. The lowest BCUT2D eigenvalue weighted by molar-refractivity contribution is -0.161. The summed E-state index contributed by atoms with van der Waals surface area (Å²) in [6.07, 6.45) is 59.9. The van der Waals surface area contributed by atoms with Crippen LogP contribution in [0.1, 0.15) is 277 Å². The van der Waals surface area contributed by atoms with Crippen LogP contribution in [-0.4, -0.2) is 36.4 Å². The number of aliphatic hydroxyl groups excluding tert-OH is 1. The summed E-state index contributed by atoms with van der Waals surface area (Å²) in [4.78, 5) is 24.4. The van der Waals surface area contributed by atoms with Crippen molar-refractivity contribution in [3.8, 4) is 0 Å². The molecule has 1 N–H and O–H groups in total. The Hall–Kier alpha value is -1.62. The zero-order valence-electron chi connectivity index (χ0n) is 38.4. The lowest BCUT2D eigenvalue weighted by Gasteiger charge is -2.15. The van der Waals surface area contributed by atoms with Crippen LogP contribution in [0.5, 0.6) is 0 Å². The second kappa shape index (κ2) is 48.7. The van der Waals surface area contributed by atoms with Crippen LogP contribution in [0.15, 0.2) is 24.3 Å². The van der Waals surface area contributed by atoms with Gasteiger partial charge in [-0.15, -0.1) is 0 Å². The molecule has 5 nitrogen and oxygen atoms in total. The van der Waals surface area contributed by atoms with E-state index in [4.69, 9.17) is 9.47 Å². The fraction of sp³-hybridized carbons (Fsp3) is 0.885. The Labute approximate surface area is 355 Å². The van der Waals surface area contributed by atoms with Gasteiger partial charge in [0.05, 0.1) is 6.61 Å². The number of allylic oxidation sites excluding steroid dienone is 4. The van der Waals surface area contributed by atoms with Crippen molar-refractivity contribution < 1.29 is 24.2 Å². The van der Waals surface area contributed by atoms with E-state index >= 15 is 0 Å². The van der Waals surface area contributed by atoms with Gasteiger partial charge in [0.15, 0.2) is 6.10 Å². The Morgan fingerprint density at radius 1 is 0.404 bits per heavy atom. The summed E-state index contributed by atoms with van der Waals surface area (Å²) in [5.74, 6) is -0.575. The Bertz CT molecular complexity index is 867. The van der Waals surface area contributed by atoms with Crippen molar-refractivity contribution in [2.24, 2.45) is 0 Å². The zero-order valence-corrected chi connectivity index (χ0v) is 38.4. The second-order valence-corrected chi connectivity index (χ2v) is 17.3. The highest BCUT2D eigenvalue weighted by Gasteiger charge is 2.16. The van der Waals surface area contributed by atoms with Crippen molar-refractivity contribution in [3.63, 3.8) is 0 Å². The molecule has 0 aromatic heterocycles. The molecule has 0 rings (SSSR count). The van der Waals surface area contributed by atoms with Gasteiger partial charge in [0.1, 0.15) is 6.61 Å². The maximum atomic E-state index is 12.3. The van der Waals surface area contributed by atoms with Crippen molar-refractivity contribution in [1.82, 2.24) is 0 Å². The van der Waals surface area contributed by atoms with Crippen LogP contribution in [0.3, 0.4) is 0 Å². The largest absolute Gasteiger partial charge is 0.462 e. The normalized spacial score (nSPS) is 12.3. The molecular formula is C52H98O5. The standard InChI is InChI=1S/C52H98O5/c1-3-5-7-9-11-13-15-17-19-20-21-22-23-24-25-26-27-28-29-30-31-32-33-35-37-39-41-43-45-47-52(55)57-50(48-53)49-56-51(54)46-44-42-40-38-36-34-18-16-14-12-10-8-6-4-2/h15,17,20-21,50,53H,3-14,16,18-19,22-49H2,1-2H3/b17-15-,21-20-. The van der Waals surface area contributed by atoms with Crippen LogP contribution in [0.2, 0.25) is 0 Å². The maximum absolute atomic E-state index is 12.3. The molecule has 0 aromatic carbocycles. The van der Waals surface area contributed by atoms with E-state index < -0.39 is 6.10 Å². The smallest absolute Gasteiger partial charge is 0.306 e. The summed E-state index contributed by atoms with van der Waals surface area (Å²) >= 11 is 0. The van der Waals surface area contributed by atoms with Gasteiger partial charge in [-0.05, 0) is 44.9 Å². The molecule has 0 radical (unpaired) electrons. The van der Waals surface area contributed by atoms with Gasteiger partial charge in [-0.25, -0.2) is 0 Å². The van der Waals surface area contributed by atoms with E-state index in [1.807, 2.05) is 0 Å². The molecule has 0 fully saturated rings. The monoisotopic (exact) mass is 803 g/mol. The molecule has 1 atom stereocenters. The van der Waals surface area contributed by atoms with Gasteiger partial charge in [-0.1, -0.05) is 244 Å². The van der Waals surface area contributed by atoms with E-state index in [-0.39, 0.29) is 25.2 Å². The fourth-order valence-corrected chi connectivity index (χ4v) is 7.65. The molecule has 0 saturated heterocycles. The lowest BCUT2D eigenvalue weighted by Crippen LogP contribution is -2.28. The third kappa shape index (κ3) is 46.9. The van der Waals surface area contributed by atoms with Gasteiger partial charge < -0.3 is 14.6 Å². The molecular weight excluding hydrogens is 705 g/mol. The number of hydrogen-bond acceptors (Lipinski definition) is 5. The van der Waals surface area contributed by atoms with Crippen LogP contribution in [0.4, 0.5) is 0 Å². The number of unbranched alkanes of at least 4 members (excludes halogenated alkanes) is 35. The van der Waals surface area contributed by atoms with Crippen LogP contribution in [-0.2, 0) is 19.1 Å². The van der Waals surface area contributed by atoms with Crippen LogP contribution in [0, 0.1) is 0 Å². The van der Waals surface area contributed by atoms with E-state index in [1.165, 1.54) is 212 Å². The van der Waals surface area contributed by atoms with E-state index in [0.29, 0.717) is 12.8 Å². The minimum Gasteiger partial charge on any atom is -0.462 e. The second-order valence-electron chi connectivity index (χ2n) is 17.3. The van der Waals surface area contributed by atoms with Gasteiger partial charge in [-0.2, -0.15) is 0 Å². The van der Waals surface area contributed by atoms with Gasteiger partial charge >= 0.3 is 11.9 Å². The van der Waals surface area contributed by atoms with Gasteiger partial charge in [-0.3, -0.25) is 9.59 Å². The van der Waals surface area contributed by atoms with Crippen LogP contribution < -0.4 is 0 Å². The lowest BCUT2D eigenvalue weighted by atomic mass is 10.0. The highest BCUT2D eigenvalue weighted by atomic mass is 16.6. The molecule has 0 bridgehead atoms. The molecule has 0 heterocycles. The van der Waals surface area contributed by atoms with Crippen LogP contribution in [0.25, 0.3) is 0 Å². The molecule has 0 aliphatic rings. The van der Waals surface area contributed by atoms with Gasteiger partial charge in [0.25, 0.3) is 0 Å². The zero-order chi connectivity index (χ0) is 41.4. The first-order valence-electron chi connectivity index (χ1n) is 25.4. The highest BCUT2D eigenvalue weighted by Crippen LogP contribution is 2.16. The SMILES string of the molecule is CCCCCCC/C=C\C/C=C\CCCCCCCCCCCCCCCCCCCC(=O)OC(CO)COC(=O)CCCCCCCCCCCCCCCC. The van der Waals surface area contributed by atoms with E-state index in [1.54, 1.807) is 0 Å². The predicted molar refractivity (Wildman–Crippen MR) is 247 cm³/mol. The molecule has 0 amide bonds. The molecule has 57 heavy (non-hydrogen) atoms. The van der Waals surface area contributed by atoms with Gasteiger partial charge in [0.2, 0.25) is 0 Å². The van der Waals surface area contributed by atoms with E-state index in [9.17, 15) is 14.7 Å². The quantitative estimate of drug-likeness (QED) is 0.0377. The summed E-state index contributed by atoms with van der Waals surface area (Å²) in [6.45, 7) is 4.16. The highest BCUT2D eigenvalue weighted by molar-refractivity contribution is 5.70. The summed E-state index contributed by atoms with van der Waals surface area (Å²) in [7, 11) is 0. The minimum absolute atomic E-state index is 0.0593. The van der Waals surface area contributed by atoms with Crippen LogP contribution >= 0.6 is 0 Å². The molecule has 0 aliphatic heterocycles.